The molecule has 2 amide bonds. The van der Waals surface area contributed by atoms with Gasteiger partial charge in [0, 0.05) is 18.2 Å². The van der Waals surface area contributed by atoms with Crippen LogP contribution in [-0.4, -0.2) is 43.1 Å². The molecule has 42 heavy (non-hydrogen) atoms. The number of nitrogens with one attached hydrogen (secondary N) is 2. The SMILES string of the molecule is CC(C)(C)c1ccc(C(Cc2ccc(C(=O)NCCS(=O)(=O)O)cc2)C(=O)N[C@H]2CC[C@H](c3ccccc3)CC2)cc1. The van der Waals surface area contributed by atoms with Crippen LogP contribution in [0.2, 0.25) is 0 Å². The third kappa shape index (κ3) is 9.00. The minimum absolute atomic E-state index is 0.00540. The Balaban J connectivity index is 1.45. The second-order valence-electron chi connectivity index (χ2n) is 12.3. The molecule has 3 aromatic carbocycles. The lowest BCUT2D eigenvalue weighted by molar-refractivity contribution is -0.123. The number of carbonyl (C=O) groups excluding carboxylic acids is 2. The lowest BCUT2D eigenvalue weighted by atomic mass is 9.81. The van der Waals surface area contributed by atoms with Gasteiger partial charge < -0.3 is 10.6 Å². The monoisotopic (exact) mass is 590 g/mol. The highest BCUT2D eigenvalue weighted by Gasteiger charge is 2.28. The highest BCUT2D eigenvalue weighted by molar-refractivity contribution is 7.85. The van der Waals surface area contributed by atoms with Crippen molar-refractivity contribution in [3.05, 3.63) is 107 Å². The second kappa shape index (κ2) is 13.7. The average molecular weight is 591 g/mol. The summed E-state index contributed by atoms with van der Waals surface area (Å²) in [7, 11) is -4.15. The first-order chi connectivity index (χ1) is 19.9. The van der Waals surface area contributed by atoms with Crippen molar-refractivity contribution in [3.8, 4) is 0 Å². The zero-order valence-corrected chi connectivity index (χ0v) is 25.5. The van der Waals surface area contributed by atoms with Crippen LogP contribution < -0.4 is 10.6 Å². The fourth-order valence-electron chi connectivity index (χ4n) is 5.60. The van der Waals surface area contributed by atoms with Crippen molar-refractivity contribution in [2.45, 2.75) is 76.2 Å². The topological polar surface area (TPSA) is 113 Å². The van der Waals surface area contributed by atoms with Crippen LogP contribution in [0.25, 0.3) is 0 Å². The molecule has 0 aliphatic heterocycles. The Hall–Kier alpha value is -3.49. The summed E-state index contributed by atoms with van der Waals surface area (Å²) in [6.07, 6.45) is 4.47. The molecule has 0 spiro atoms. The molecule has 1 aliphatic rings. The Labute approximate surface area is 249 Å². The summed E-state index contributed by atoms with van der Waals surface area (Å²) < 4.78 is 30.7. The number of rotatable bonds is 10. The van der Waals surface area contributed by atoms with Crippen LogP contribution in [-0.2, 0) is 26.7 Å². The van der Waals surface area contributed by atoms with Gasteiger partial charge in [-0.15, -0.1) is 0 Å². The summed E-state index contributed by atoms with van der Waals surface area (Å²) in [5.74, 6) is -0.823. The molecule has 3 N–H and O–H groups in total. The molecule has 0 saturated heterocycles. The molecular weight excluding hydrogens is 548 g/mol. The molecule has 4 rings (SSSR count). The normalized spacial score (nSPS) is 18.2. The van der Waals surface area contributed by atoms with Gasteiger partial charge in [-0.05, 0) is 77.8 Å². The van der Waals surface area contributed by atoms with E-state index in [4.69, 9.17) is 4.55 Å². The molecule has 1 aliphatic carbocycles. The van der Waals surface area contributed by atoms with Crippen molar-refractivity contribution < 1.29 is 22.6 Å². The van der Waals surface area contributed by atoms with E-state index >= 15 is 0 Å². The predicted octanol–water partition coefficient (Wildman–Crippen LogP) is 5.77. The molecule has 0 bridgehead atoms. The first kappa shape index (κ1) is 31.4. The Morgan fingerprint density at radius 2 is 1.50 bits per heavy atom. The summed E-state index contributed by atoms with van der Waals surface area (Å²) in [5, 5.41) is 5.84. The number of amides is 2. The molecule has 3 aromatic rings. The predicted molar refractivity (Wildman–Crippen MR) is 166 cm³/mol. The minimum Gasteiger partial charge on any atom is -0.353 e. The van der Waals surface area contributed by atoms with Crippen LogP contribution in [0.5, 0.6) is 0 Å². The van der Waals surface area contributed by atoms with Crippen molar-refractivity contribution in [1.29, 1.82) is 0 Å². The molecule has 7 nitrogen and oxygen atoms in total. The molecule has 0 radical (unpaired) electrons. The van der Waals surface area contributed by atoms with E-state index < -0.39 is 21.8 Å². The van der Waals surface area contributed by atoms with Crippen LogP contribution >= 0.6 is 0 Å². The number of benzene rings is 3. The van der Waals surface area contributed by atoms with Crippen LogP contribution in [0.15, 0.2) is 78.9 Å². The number of hydrogen-bond acceptors (Lipinski definition) is 4. The quantitative estimate of drug-likeness (QED) is 0.260. The van der Waals surface area contributed by atoms with E-state index in [-0.39, 0.29) is 29.8 Å². The Bertz CT molecular complexity index is 1440. The molecule has 1 fully saturated rings. The molecule has 0 aromatic heterocycles. The Kier molecular flexibility index (Phi) is 10.2. The summed E-state index contributed by atoms with van der Waals surface area (Å²) >= 11 is 0. The van der Waals surface area contributed by atoms with Gasteiger partial charge in [-0.1, -0.05) is 87.5 Å². The highest BCUT2D eigenvalue weighted by Crippen LogP contribution is 2.33. The third-order valence-electron chi connectivity index (χ3n) is 8.14. The lowest BCUT2D eigenvalue weighted by Crippen LogP contribution is -2.40. The summed E-state index contributed by atoms with van der Waals surface area (Å²) in [5.41, 5.74) is 4.82. The van der Waals surface area contributed by atoms with Crippen molar-refractivity contribution in [2.75, 3.05) is 12.3 Å². The van der Waals surface area contributed by atoms with Gasteiger partial charge in [0.1, 0.15) is 0 Å². The molecule has 1 atom stereocenters. The summed E-state index contributed by atoms with van der Waals surface area (Å²) in [6, 6.07) is 26.0. The molecule has 1 unspecified atom stereocenters. The summed E-state index contributed by atoms with van der Waals surface area (Å²) in [4.78, 5) is 26.2. The largest absolute Gasteiger partial charge is 0.353 e. The van der Waals surface area contributed by atoms with Crippen LogP contribution in [0, 0.1) is 0 Å². The van der Waals surface area contributed by atoms with Crippen molar-refractivity contribution >= 4 is 21.9 Å². The molecule has 1 saturated carbocycles. The van der Waals surface area contributed by atoms with Gasteiger partial charge in [0.15, 0.2) is 0 Å². The molecule has 224 valence electrons. The molecule has 8 heteroatoms. The molecule has 0 heterocycles. The number of hydrogen-bond donors (Lipinski definition) is 3. The van der Waals surface area contributed by atoms with E-state index in [1.54, 1.807) is 12.1 Å². The Morgan fingerprint density at radius 1 is 0.881 bits per heavy atom. The maximum Gasteiger partial charge on any atom is 0.266 e. The standard InChI is InChI=1S/C34H42N2O5S/c1-34(2,3)29-17-13-27(14-18-29)31(23-24-9-11-28(12-10-24)32(37)35-21-22-42(39,40)41)33(38)36-30-19-15-26(16-20-30)25-7-5-4-6-8-25/h4-14,17-18,26,30-31H,15-16,19-23H2,1-3H3,(H,35,37)(H,36,38)(H,39,40,41)/t26-,30-,31?. The van der Waals surface area contributed by atoms with E-state index in [1.165, 1.54) is 11.1 Å². The van der Waals surface area contributed by atoms with Crippen LogP contribution in [0.1, 0.15) is 90.9 Å². The third-order valence-corrected chi connectivity index (χ3v) is 8.86. The van der Waals surface area contributed by atoms with Crippen molar-refractivity contribution in [1.82, 2.24) is 10.6 Å². The highest BCUT2D eigenvalue weighted by atomic mass is 32.2. The van der Waals surface area contributed by atoms with Gasteiger partial charge in [-0.2, -0.15) is 8.42 Å². The fourth-order valence-corrected chi connectivity index (χ4v) is 5.96. The van der Waals surface area contributed by atoms with Gasteiger partial charge >= 0.3 is 0 Å². The van der Waals surface area contributed by atoms with E-state index in [0.717, 1.165) is 36.8 Å². The van der Waals surface area contributed by atoms with Crippen LogP contribution in [0.3, 0.4) is 0 Å². The maximum atomic E-state index is 13.8. The van der Waals surface area contributed by atoms with E-state index in [0.29, 0.717) is 17.9 Å². The first-order valence-corrected chi connectivity index (χ1v) is 16.3. The summed E-state index contributed by atoms with van der Waals surface area (Å²) in [6.45, 7) is 6.31. The van der Waals surface area contributed by atoms with Crippen molar-refractivity contribution in [2.24, 2.45) is 0 Å². The van der Waals surface area contributed by atoms with Gasteiger partial charge in [-0.3, -0.25) is 14.1 Å². The lowest BCUT2D eigenvalue weighted by Gasteiger charge is -2.31. The average Bonchev–Trinajstić information content (AvgIpc) is 2.96. The first-order valence-electron chi connectivity index (χ1n) is 14.7. The van der Waals surface area contributed by atoms with Gasteiger partial charge in [0.05, 0.1) is 11.7 Å². The number of carbonyl (C=O) groups is 2. The maximum absolute atomic E-state index is 13.8. The van der Waals surface area contributed by atoms with Gasteiger partial charge in [0.25, 0.3) is 16.0 Å². The van der Waals surface area contributed by atoms with E-state index in [9.17, 15) is 18.0 Å². The van der Waals surface area contributed by atoms with Gasteiger partial charge in [-0.25, -0.2) is 0 Å². The second-order valence-corrected chi connectivity index (χ2v) is 13.9. The zero-order chi connectivity index (χ0) is 30.3. The molecular formula is C34H42N2O5S. The van der Waals surface area contributed by atoms with Gasteiger partial charge in [0.2, 0.25) is 5.91 Å². The van der Waals surface area contributed by atoms with Crippen molar-refractivity contribution in [3.63, 3.8) is 0 Å². The van der Waals surface area contributed by atoms with Crippen LogP contribution in [0.4, 0.5) is 0 Å². The van der Waals surface area contributed by atoms with E-state index in [2.05, 4.69) is 67.8 Å². The fraction of sp³-hybridized carbons (Fsp3) is 0.412. The zero-order valence-electron chi connectivity index (χ0n) is 24.7. The van der Waals surface area contributed by atoms with E-state index in [1.807, 2.05) is 30.3 Å². The minimum atomic E-state index is -4.15. The smallest absolute Gasteiger partial charge is 0.266 e. The Morgan fingerprint density at radius 3 is 2.07 bits per heavy atom.